The molecule has 1 fully saturated rings. The first kappa shape index (κ1) is 26.4. The van der Waals surface area contributed by atoms with Gasteiger partial charge in [-0.2, -0.15) is 18.2 Å². The van der Waals surface area contributed by atoms with E-state index >= 15 is 0 Å². The summed E-state index contributed by atoms with van der Waals surface area (Å²) in [5.74, 6) is -0.300. The van der Waals surface area contributed by atoms with E-state index in [4.69, 9.17) is 4.52 Å². The number of piperazine rings is 1. The molecule has 10 heteroatoms. The molecule has 0 saturated carbocycles. The molecule has 4 rings (SSSR count). The van der Waals surface area contributed by atoms with E-state index in [1.54, 1.807) is 9.80 Å². The van der Waals surface area contributed by atoms with Crippen molar-refractivity contribution in [2.75, 3.05) is 19.6 Å². The molecule has 2 heterocycles. The van der Waals surface area contributed by atoms with Gasteiger partial charge in [-0.15, -0.1) is 0 Å². The van der Waals surface area contributed by atoms with Crippen molar-refractivity contribution in [3.63, 3.8) is 0 Å². The van der Waals surface area contributed by atoms with E-state index in [2.05, 4.69) is 17.1 Å². The fourth-order valence-corrected chi connectivity index (χ4v) is 4.37. The maximum Gasteiger partial charge on any atom is 0.416 e. The molecule has 2 amide bonds. The summed E-state index contributed by atoms with van der Waals surface area (Å²) in [6, 6.07) is 12.1. The summed E-state index contributed by atoms with van der Waals surface area (Å²) < 4.78 is 44.1. The van der Waals surface area contributed by atoms with Crippen LogP contribution in [-0.4, -0.2) is 57.4 Å². The third-order valence-electron chi connectivity index (χ3n) is 6.48. The number of carbonyl (C=O) groups is 2. The lowest BCUT2D eigenvalue weighted by Crippen LogP contribution is -2.55. The third kappa shape index (κ3) is 6.36. The third-order valence-corrected chi connectivity index (χ3v) is 6.48. The second-order valence-corrected chi connectivity index (χ2v) is 9.26. The number of amides is 2. The summed E-state index contributed by atoms with van der Waals surface area (Å²) in [5, 5.41) is 3.77. The zero-order valence-electron chi connectivity index (χ0n) is 20.8. The second-order valence-electron chi connectivity index (χ2n) is 9.26. The number of alkyl halides is 3. The Morgan fingerprint density at radius 3 is 2.54 bits per heavy atom. The molecule has 1 aromatic heterocycles. The van der Waals surface area contributed by atoms with Crippen LogP contribution in [0, 0.1) is 0 Å². The van der Waals surface area contributed by atoms with Crippen LogP contribution in [0.15, 0.2) is 53.1 Å². The summed E-state index contributed by atoms with van der Waals surface area (Å²) in [5.41, 5.74) is 1.13. The Morgan fingerprint density at radius 1 is 1.11 bits per heavy atom. The molecular formula is C27H29F3N4O3. The van der Waals surface area contributed by atoms with Crippen molar-refractivity contribution in [3.05, 3.63) is 71.0 Å². The number of aryl methyl sites for hydroxylation is 1. The minimum atomic E-state index is -4.49. The SMILES string of the molecule is CCCCc1ccc(C(=O)N2CCN(C(=O)Cc3noc(-c4cccc(C(F)(F)F)c4)n3)CC2C)cc1. The van der Waals surface area contributed by atoms with Crippen molar-refractivity contribution < 1.29 is 27.3 Å². The van der Waals surface area contributed by atoms with Crippen LogP contribution in [-0.2, 0) is 23.8 Å². The zero-order chi connectivity index (χ0) is 26.6. The van der Waals surface area contributed by atoms with Crippen molar-refractivity contribution in [1.29, 1.82) is 0 Å². The molecule has 37 heavy (non-hydrogen) atoms. The first-order chi connectivity index (χ1) is 17.7. The largest absolute Gasteiger partial charge is 0.416 e. The van der Waals surface area contributed by atoms with Gasteiger partial charge in [-0.05, 0) is 55.7 Å². The van der Waals surface area contributed by atoms with E-state index in [1.165, 1.54) is 17.7 Å². The van der Waals surface area contributed by atoms with Gasteiger partial charge in [0.05, 0.1) is 12.0 Å². The average Bonchev–Trinajstić information content (AvgIpc) is 3.35. The molecule has 3 aromatic rings. The number of aromatic nitrogens is 2. The predicted octanol–water partition coefficient (Wildman–Crippen LogP) is 5.01. The molecule has 0 spiro atoms. The number of unbranched alkanes of at least 4 members (excludes halogenated alkanes) is 1. The molecule has 1 saturated heterocycles. The first-order valence-corrected chi connectivity index (χ1v) is 12.3. The summed E-state index contributed by atoms with van der Waals surface area (Å²) in [7, 11) is 0. The standard InChI is InChI=1S/C27H29F3N4O3/c1-3-4-6-19-9-11-20(12-10-19)26(36)34-14-13-33(17-18(34)2)24(35)16-23-31-25(37-32-23)21-7-5-8-22(15-21)27(28,29)30/h5,7-12,15,18H,3-4,6,13-14,16-17H2,1-2H3. The normalized spacial score (nSPS) is 16.2. The van der Waals surface area contributed by atoms with Crippen LogP contribution < -0.4 is 0 Å². The maximum absolute atomic E-state index is 13.0. The number of halogens is 3. The van der Waals surface area contributed by atoms with E-state index in [1.807, 2.05) is 31.2 Å². The Labute approximate surface area is 213 Å². The van der Waals surface area contributed by atoms with Gasteiger partial charge in [-0.3, -0.25) is 9.59 Å². The highest BCUT2D eigenvalue weighted by Crippen LogP contribution is 2.31. The van der Waals surface area contributed by atoms with E-state index in [-0.39, 0.29) is 41.6 Å². The van der Waals surface area contributed by atoms with Crippen LogP contribution in [0.3, 0.4) is 0 Å². The van der Waals surface area contributed by atoms with Crippen LogP contribution in [0.1, 0.15) is 54.0 Å². The second kappa shape index (κ2) is 11.1. The molecule has 196 valence electrons. The van der Waals surface area contributed by atoms with Crippen LogP contribution in [0.25, 0.3) is 11.5 Å². The van der Waals surface area contributed by atoms with Gasteiger partial charge in [-0.25, -0.2) is 0 Å². The lowest BCUT2D eigenvalue weighted by molar-refractivity contribution is -0.137. The van der Waals surface area contributed by atoms with Crippen LogP contribution in [0.4, 0.5) is 13.2 Å². The lowest BCUT2D eigenvalue weighted by Gasteiger charge is -2.40. The lowest BCUT2D eigenvalue weighted by atomic mass is 10.0. The quantitative estimate of drug-likeness (QED) is 0.443. The fourth-order valence-electron chi connectivity index (χ4n) is 4.37. The van der Waals surface area contributed by atoms with E-state index in [0.717, 1.165) is 31.4 Å². The Hall–Kier alpha value is -3.69. The van der Waals surface area contributed by atoms with Gasteiger partial charge in [0.15, 0.2) is 5.82 Å². The summed E-state index contributed by atoms with van der Waals surface area (Å²) in [6.45, 7) is 5.15. The van der Waals surface area contributed by atoms with Crippen molar-refractivity contribution in [2.45, 2.75) is 51.7 Å². The Kier molecular flexibility index (Phi) is 7.94. The first-order valence-electron chi connectivity index (χ1n) is 12.3. The number of benzene rings is 2. The average molecular weight is 515 g/mol. The number of nitrogens with zero attached hydrogens (tertiary/aromatic N) is 4. The fraction of sp³-hybridized carbons (Fsp3) is 0.407. The highest BCUT2D eigenvalue weighted by Gasteiger charge is 2.32. The smallest absolute Gasteiger partial charge is 0.338 e. The van der Waals surface area contributed by atoms with Gasteiger partial charge in [0.1, 0.15) is 0 Å². The predicted molar refractivity (Wildman–Crippen MR) is 131 cm³/mol. The Balaban J connectivity index is 1.34. The van der Waals surface area contributed by atoms with E-state index in [9.17, 15) is 22.8 Å². The highest BCUT2D eigenvalue weighted by molar-refractivity contribution is 5.94. The minimum absolute atomic E-state index is 0.0643. The molecule has 0 radical (unpaired) electrons. The Morgan fingerprint density at radius 2 is 1.86 bits per heavy atom. The van der Waals surface area contributed by atoms with Crippen LogP contribution in [0.2, 0.25) is 0 Å². The van der Waals surface area contributed by atoms with Crippen molar-refractivity contribution in [2.24, 2.45) is 0 Å². The molecule has 1 unspecified atom stereocenters. The molecule has 1 aliphatic rings. The number of rotatable bonds is 7. The van der Waals surface area contributed by atoms with Gasteiger partial charge in [-0.1, -0.05) is 36.7 Å². The summed E-state index contributed by atoms with van der Waals surface area (Å²) in [4.78, 5) is 33.4. The van der Waals surface area contributed by atoms with Gasteiger partial charge in [0, 0.05) is 36.8 Å². The summed E-state index contributed by atoms with van der Waals surface area (Å²) >= 11 is 0. The van der Waals surface area contributed by atoms with Gasteiger partial charge < -0.3 is 14.3 Å². The van der Waals surface area contributed by atoms with Gasteiger partial charge in [0.25, 0.3) is 11.8 Å². The molecule has 1 atom stereocenters. The molecule has 0 aliphatic carbocycles. The van der Waals surface area contributed by atoms with Crippen molar-refractivity contribution in [1.82, 2.24) is 19.9 Å². The zero-order valence-corrected chi connectivity index (χ0v) is 20.8. The topological polar surface area (TPSA) is 79.5 Å². The number of hydrogen-bond donors (Lipinski definition) is 0. The van der Waals surface area contributed by atoms with Crippen molar-refractivity contribution >= 4 is 11.8 Å². The summed E-state index contributed by atoms with van der Waals surface area (Å²) in [6.07, 6.45) is -1.43. The van der Waals surface area contributed by atoms with E-state index < -0.39 is 11.7 Å². The molecule has 0 bridgehead atoms. The van der Waals surface area contributed by atoms with Gasteiger partial charge in [0.2, 0.25) is 5.91 Å². The highest BCUT2D eigenvalue weighted by atomic mass is 19.4. The minimum Gasteiger partial charge on any atom is -0.338 e. The van der Waals surface area contributed by atoms with E-state index in [0.29, 0.717) is 25.2 Å². The Bertz CT molecular complexity index is 1240. The maximum atomic E-state index is 13.0. The van der Waals surface area contributed by atoms with Crippen LogP contribution >= 0.6 is 0 Å². The van der Waals surface area contributed by atoms with Crippen LogP contribution in [0.5, 0.6) is 0 Å². The van der Waals surface area contributed by atoms with Gasteiger partial charge >= 0.3 is 6.18 Å². The molecule has 2 aromatic carbocycles. The van der Waals surface area contributed by atoms with Crippen molar-refractivity contribution in [3.8, 4) is 11.5 Å². The molecule has 1 aliphatic heterocycles. The molecule has 0 N–H and O–H groups in total. The number of carbonyl (C=O) groups excluding carboxylic acids is 2. The number of hydrogen-bond acceptors (Lipinski definition) is 5. The monoisotopic (exact) mass is 514 g/mol. The molecule has 7 nitrogen and oxygen atoms in total. The molecular weight excluding hydrogens is 485 g/mol.